The Bertz CT molecular complexity index is 1230. The van der Waals surface area contributed by atoms with Crippen LogP contribution < -0.4 is 0 Å². The van der Waals surface area contributed by atoms with Crippen molar-refractivity contribution in [3.8, 4) is 0 Å². The van der Waals surface area contributed by atoms with Gasteiger partial charge in [0.2, 0.25) is 0 Å². The summed E-state index contributed by atoms with van der Waals surface area (Å²) < 4.78 is 0. The molecular formula is C37H46N2S4. The number of thiophene rings is 3. The average Bonchev–Trinajstić information content (AvgIpc) is 3.81. The SMILES string of the molecule is CC1=CCC=C1.CC1=CCC=N1.Cc1ccccc1.Cc1cccs1.Cc1cccs1.Cc1ccsc1.Cc1nccs1. The van der Waals surface area contributed by atoms with E-state index in [1.54, 1.807) is 51.5 Å². The molecule has 2 aliphatic rings. The minimum absolute atomic E-state index is 1.03. The first-order chi connectivity index (χ1) is 20.8. The maximum atomic E-state index is 3.97. The van der Waals surface area contributed by atoms with Gasteiger partial charge in [-0.1, -0.05) is 77.9 Å². The molecule has 1 aliphatic carbocycles. The Hall–Kier alpha value is -3.16. The zero-order valence-corrected chi connectivity index (χ0v) is 29.8. The van der Waals surface area contributed by atoms with Crippen LogP contribution in [0.1, 0.15) is 52.6 Å². The molecule has 0 N–H and O–H groups in total. The second-order valence-electron chi connectivity index (χ2n) is 9.43. The molecule has 1 aliphatic heterocycles. The molecule has 0 radical (unpaired) electrons. The molecule has 5 heterocycles. The van der Waals surface area contributed by atoms with Crippen molar-refractivity contribution in [3.63, 3.8) is 0 Å². The Kier molecular flexibility index (Phi) is 22.3. The third kappa shape index (κ3) is 24.0. The second kappa shape index (κ2) is 25.3. The van der Waals surface area contributed by atoms with E-state index in [1.165, 1.54) is 26.5 Å². The number of rotatable bonds is 0. The molecule has 1 aromatic carbocycles. The summed E-state index contributed by atoms with van der Waals surface area (Å²) in [7, 11) is 0. The lowest BCUT2D eigenvalue weighted by molar-refractivity contribution is 1.30. The van der Waals surface area contributed by atoms with Gasteiger partial charge >= 0.3 is 0 Å². The van der Waals surface area contributed by atoms with Crippen molar-refractivity contribution in [3.05, 3.63) is 155 Å². The molecule has 0 fully saturated rings. The van der Waals surface area contributed by atoms with Gasteiger partial charge in [0, 0.05) is 39.7 Å². The van der Waals surface area contributed by atoms with Gasteiger partial charge in [0.25, 0.3) is 0 Å². The van der Waals surface area contributed by atoms with Crippen molar-refractivity contribution in [2.24, 2.45) is 4.99 Å². The van der Waals surface area contributed by atoms with Gasteiger partial charge in [-0.25, -0.2) is 0 Å². The lowest BCUT2D eigenvalue weighted by Gasteiger charge is -1.82. The summed E-state index contributed by atoms with van der Waals surface area (Å²) >= 11 is 6.96. The molecular weight excluding hydrogens is 601 g/mol. The van der Waals surface area contributed by atoms with Crippen LogP contribution in [-0.4, -0.2) is 11.2 Å². The second-order valence-corrected chi connectivity index (χ2v) is 13.6. The molecule has 5 aromatic rings. The van der Waals surface area contributed by atoms with Gasteiger partial charge in [0.05, 0.1) is 5.01 Å². The first-order valence-corrected chi connectivity index (χ1v) is 17.7. The number of thiazole rings is 1. The Labute approximate surface area is 276 Å². The summed E-state index contributed by atoms with van der Waals surface area (Å²) in [4.78, 5) is 10.7. The van der Waals surface area contributed by atoms with Crippen LogP contribution in [0.5, 0.6) is 0 Å². The molecule has 43 heavy (non-hydrogen) atoms. The molecule has 4 aromatic heterocycles. The van der Waals surface area contributed by atoms with Crippen LogP contribution >= 0.6 is 45.3 Å². The van der Waals surface area contributed by atoms with E-state index in [1.807, 2.05) is 43.6 Å². The van der Waals surface area contributed by atoms with Crippen LogP contribution in [0.3, 0.4) is 0 Å². The molecule has 0 spiro atoms. The van der Waals surface area contributed by atoms with E-state index in [0.29, 0.717) is 0 Å². The van der Waals surface area contributed by atoms with Crippen molar-refractivity contribution in [1.82, 2.24) is 4.98 Å². The fourth-order valence-electron chi connectivity index (χ4n) is 2.93. The van der Waals surface area contributed by atoms with Crippen LogP contribution in [0.25, 0.3) is 0 Å². The summed E-state index contributed by atoms with van der Waals surface area (Å²) in [5.41, 5.74) is 5.23. The Morgan fingerprint density at radius 3 is 1.44 bits per heavy atom. The van der Waals surface area contributed by atoms with E-state index in [9.17, 15) is 0 Å². The van der Waals surface area contributed by atoms with E-state index in [4.69, 9.17) is 0 Å². The van der Waals surface area contributed by atoms with E-state index >= 15 is 0 Å². The maximum Gasteiger partial charge on any atom is 0.0893 e. The monoisotopic (exact) mass is 646 g/mol. The number of hydrogen-bond donors (Lipinski definition) is 0. The fourth-order valence-corrected chi connectivity index (χ4v) is 5.09. The number of benzene rings is 1. The van der Waals surface area contributed by atoms with E-state index in [-0.39, 0.29) is 0 Å². The van der Waals surface area contributed by atoms with Gasteiger partial charge in [0.1, 0.15) is 0 Å². The third-order valence-corrected chi connectivity index (χ3v) is 8.36. The molecule has 7 rings (SSSR count). The highest BCUT2D eigenvalue weighted by Gasteiger charge is 1.86. The minimum atomic E-state index is 1.03. The number of aliphatic imine (C=N–C) groups is 1. The van der Waals surface area contributed by atoms with Gasteiger partial charge in [-0.3, -0.25) is 9.98 Å². The van der Waals surface area contributed by atoms with Gasteiger partial charge in [-0.15, -0.1) is 34.0 Å². The number of aromatic nitrogens is 1. The van der Waals surface area contributed by atoms with Gasteiger partial charge < -0.3 is 0 Å². The lowest BCUT2D eigenvalue weighted by Crippen LogP contribution is -1.62. The van der Waals surface area contributed by atoms with E-state index in [2.05, 4.69) is 133 Å². The van der Waals surface area contributed by atoms with Crippen molar-refractivity contribution < 1.29 is 0 Å². The number of hydrogen-bond acceptors (Lipinski definition) is 6. The summed E-state index contributed by atoms with van der Waals surface area (Å²) in [5, 5.41) is 11.5. The van der Waals surface area contributed by atoms with Crippen molar-refractivity contribution in [2.45, 2.75) is 61.3 Å². The number of nitrogens with zero attached hydrogens (tertiary/aromatic N) is 2. The molecule has 0 unspecified atom stereocenters. The van der Waals surface area contributed by atoms with E-state index in [0.717, 1.165) is 23.5 Å². The fraction of sp³-hybridized carbons (Fsp3) is 0.243. The van der Waals surface area contributed by atoms with Crippen molar-refractivity contribution in [2.75, 3.05) is 0 Å². The summed E-state index contributed by atoms with van der Waals surface area (Å²) in [6.45, 7) is 14.5. The molecule has 0 saturated carbocycles. The average molecular weight is 647 g/mol. The predicted molar refractivity (Wildman–Crippen MR) is 200 cm³/mol. The highest BCUT2D eigenvalue weighted by atomic mass is 32.1. The molecule has 228 valence electrons. The van der Waals surface area contributed by atoms with Crippen LogP contribution in [0.15, 0.2) is 134 Å². The van der Waals surface area contributed by atoms with Crippen LogP contribution in [0.4, 0.5) is 0 Å². The molecule has 0 saturated heterocycles. The molecule has 2 nitrogen and oxygen atoms in total. The molecule has 6 heteroatoms. The first kappa shape index (κ1) is 37.9. The normalized spacial score (nSPS) is 11.5. The number of allylic oxidation sites excluding steroid dienone is 6. The minimum Gasteiger partial charge on any atom is -0.266 e. The standard InChI is InChI=1S/C7H8.C6H8.C5H7N.3C5H6S.C4H5NS/c1-7-5-3-2-4-6-7;1-6-4-2-3-5-6;1-5-3-2-4-6-5;1-5-2-3-6-4-5;2*1-5-3-2-4-6-5;1-4-5-2-3-6-4/h2-6H,1H3;2,4-5H,3H2,1H3;3-4H,2H2,1H3;3*2-4H,1H3;2-3H,1H3. The largest absolute Gasteiger partial charge is 0.266 e. The molecule has 0 atom stereocenters. The van der Waals surface area contributed by atoms with Crippen LogP contribution in [-0.2, 0) is 0 Å². The summed E-state index contributed by atoms with van der Waals surface area (Å²) in [6.07, 6.45) is 14.5. The summed E-state index contributed by atoms with van der Waals surface area (Å²) in [6, 6.07) is 20.7. The van der Waals surface area contributed by atoms with Crippen LogP contribution in [0.2, 0.25) is 0 Å². The van der Waals surface area contributed by atoms with Crippen LogP contribution in [0, 0.1) is 34.6 Å². The van der Waals surface area contributed by atoms with E-state index < -0.39 is 0 Å². The zero-order chi connectivity index (χ0) is 31.5. The molecule has 0 amide bonds. The molecule has 0 bridgehead atoms. The highest BCUT2D eigenvalue weighted by molar-refractivity contribution is 7.10. The maximum absolute atomic E-state index is 3.97. The van der Waals surface area contributed by atoms with Crippen molar-refractivity contribution in [1.29, 1.82) is 0 Å². The third-order valence-electron chi connectivity index (χ3n) is 5.26. The first-order valence-electron chi connectivity index (χ1n) is 14.2. The van der Waals surface area contributed by atoms with Gasteiger partial charge in [-0.2, -0.15) is 11.3 Å². The Balaban J connectivity index is 0.000000251. The van der Waals surface area contributed by atoms with Crippen molar-refractivity contribution >= 4 is 51.6 Å². The van der Waals surface area contributed by atoms with Gasteiger partial charge in [-0.05, 0) is 100 Å². The Morgan fingerprint density at radius 2 is 1.28 bits per heavy atom. The zero-order valence-electron chi connectivity index (χ0n) is 26.6. The summed E-state index contributed by atoms with van der Waals surface area (Å²) in [5.74, 6) is 0. The quantitative estimate of drug-likeness (QED) is 0.164. The predicted octanol–water partition coefficient (Wildman–Crippen LogP) is 12.9. The number of aryl methyl sites for hydroxylation is 5. The lowest BCUT2D eigenvalue weighted by atomic mass is 10.2. The highest BCUT2D eigenvalue weighted by Crippen LogP contribution is 2.06. The topological polar surface area (TPSA) is 25.2 Å². The smallest absolute Gasteiger partial charge is 0.0893 e. The van der Waals surface area contributed by atoms with Gasteiger partial charge in [0.15, 0.2) is 0 Å². The Morgan fingerprint density at radius 1 is 0.605 bits per heavy atom.